The molecule has 18 heavy (non-hydrogen) atoms. The maximum atomic E-state index is 5.92. The lowest BCUT2D eigenvalue weighted by Crippen LogP contribution is -2.21. The highest BCUT2D eigenvalue weighted by atomic mass is 35.5. The summed E-state index contributed by atoms with van der Waals surface area (Å²) in [5, 5.41) is 4.27. The van der Waals surface area contributed by atoms with Gasteiger partial charge in [-0.25, -0.2) is 0 Å². The van der Waals surface area contributed by atoms with Gasteiger partial charge >= 0.3 is 0 Å². The lowest BCUT2D eigenvalue weighted by atomic mass is 10.0. The lowest BCUT2D eigenvalue weighted by molar-refractivity contribution is 0.458. The fraction of sp³-hybridized carbons (Fsp3) is 0.333. The van der Waals surface area contributed by atoms with Crippen LogP contribution in [0.25, 0.3) is 0 Å². The summed E-state index contributed by atoms with van der Waals surface area (Å²) in [6, 6.07) is 12.3. The summed E-state index contributed by atoms with van der Waals surface area (Å²) in [6.07, 6.45) is 3.68. The van der Waals surface area contributed by atoms with Crippen molar-refractivity contribution in [2.45, 2.75) is 25.8 Å². The van der Waals surface area contributed by atoms with Gasteiger partial charge in [-0.15, -0.1) is 0 Å². The van der Waals surface area contributed by atoms with Crippen molar-refractivity contribution < 1.29 is 4.42 Å². The molecule has 0 bridgehead atoms. The number of benzene rings is 1. The number of furan rings is 1. The predicted molar refractivity (Wildman–Crippen MR) is 74.9 cm³/mol. The molecule has 3 heteroatoms. The van der Waals surface area contributed by atoms with E-state index in [0.717, 1.165) is 30.2 Å². The summed E-state index contributed by atoms with van der Waals surface area (Å²) in [5.74, 6) is 1.03. The Balaban J connectivity index is 2.01. The Hall–Kier alpha value is -1.25. The molecule has 2 nitrogen and oxygen atoms in total. The molecule has 2 aromatic rings. The van der Waals surface area contributed by atoms with Crippen LogP contribution in [-0.4, -0.2) is 6.54 Å². The maximum absolute atomic E-state index is 5.92. The van der Waals surface area contributed by atoms with E-state index in [4.69, 9.17) is 16.0 Å². The third-order valence-electron chi connectivity index (χ3n) is 2.98. The Kier molecular flexibility index (Phi) is 4.85. The van der Waals surface area contributed by atoms with Crippen molar-refractivity contribution in [1.82, 2.24) is 5.32 Å². The van der Waals surface area contributed by atoms with Gasteiger partial charge in [-0.3, -0.25) is 0 Å². The Bertz CT molecular complexity index is 450. The van der Waals surface area contributed by atoms with Crippen molar-refractivity contribution in [1.29, 1.82) is 0 Å². The van der Waals surface area contributed by atoms with Gasteiger partial charge in [0.25, 0.3) is 0 Å². The van der Waals surface area contributed by atoms with Gasteiger partial charge in [0.2, 0.25) is 0 Å². The van der Waals surface area contributed by atoms with Crippen LogP contribution in [0.5, 0.6) is 0 Å². The minimum Gasteiger partial charge on any atom is -0.469 e. The molecule has 0 saturated heterocycles. The highest BCUT2D eigenvalue weighted by molar-refractivity contribution is 6.30. The number of nitrogens with one attached hydrogen (secondary N) is 1. The molecule has 1 atom stereocenters. The maximum Gasteiger partial charge on any atom is 0.103 e. The fourth-order valence-corrected chi connectivity index (χ4v) is 2.20. The van der Waals surface area contributed by atoms with E-state index < -0.39 is 0 Å². The van der Waals surface area contributed by atoms with E-state index in [1.807, 2.05) is 24.3 Å². The van der Waals surface area contributed by atoms with E-state index in [1.54, 1.807) is 6.26 Å². The normalized spacial score (nSPS) is 12.6. The molecule has 0 amide bonds. The van der Waals surface area contributed by atoms with Crippen LogP contribution in [0.1, 0.15) is 30.7 Å². The molecule has 0 radical (unpaired) electrons. The third-order valence-corrected chi connectivity index (χ3v) is 3.23. The number of hydrogen-bond acceptors (Lipinski definition) is 2. The van der Waals surface area contributed by atoms with Crippen LogP contribution >= 0.6 is 11.6 Å². The van der Waals surface area contributed by atoms with Crippen LogP contribution in [0.2, 0.25) is 5.02 Å². The van der Waals surface area contributed by atoms with Gasteiger partial charge in [0.15, 0.2) is 0 Å². The summed E-state index contributed by atoms with van der Waals surface area (Å²) in [5.41, 5.74) is 1.27. The van der Waals surface area contributed by atoms with Gasteiger partial charge in [0.05, 0.1) is 6.26 Å². The summed E-state index contributed by atoms with van der Waals surface area (Å²) in [7, 11) is 0. The minimum absolute atomic E-state index is 0.345. The second kappa shape index (κ2) is 6.62. The molecule has 0 aliphatic heterocycles. The number of hydrogen-bond donors (Lipinski definition) is 1. The molecule has 1 heterocycles. The molecular weight excluding hydrogens is 246 g/mol. The molecule has 2 rings (SSSR count). The number of halogens is 1. The monoisotopic (exact) mass is 263 g/mol. The second-order valence-corrected chi connectivity index (χ2v) is 4.72. The smallest absolute Gasteiger partial charge is 0.103 e. The van der Waals surface area contributed by atoms with E-state index in [9.17, 15) is 0 Å². The first-order valence-electron chi connectivity index (χ1n) is 6.31. The van der Waals surface area contributed by atoms with E-state index in [-0.39, 0.29) is 0 Å². The van der Waals surface area contributed by atoms with Gasteiger partial charge in [0.1, 0.15) is 5.76 Å². The van der Waals surface area contributed by atoms with Gasteiger partial charge in [0, 0.05) is 17.5 Å². The van der Waals surface area contributed by atoms with Crippen LogP contribution in [0, 0.1) is 0 Å². The first-order valence-corrected chi connectivity index (χ1v) is 6.68. The quantitative estimate of drug-likeness (QED) is 0.844. The largest absolute Gasteiger partial charge is 0.469 e. The highest BCUT2D eigenvalue weighted by Gasteiger charge is 2.11. The predicted octanol–water partition coefficient (Wildman–Crippen LogP) is 4.22. The van der Waals surface area contributed by atoms with Gasteiger partial charge in [-0.1, -0.05) is 30.7 Å². The summed E-state index contributed by atoms with van der Waals surface area (Å²) in [4.78, 5) is 0. The zero-order valence-corrected chi connectivity index (χ0v) is 11.3. The Labute approximate surface area is 113 Å². The van der Waals surface area contributed by atoms with Crippen LogP contribution in [0.4, 0.5) is 0 Å². The molecule has 0 fully saturated rings. The van der Waals surface area contributed by atoms with E-state index in [0.29, 0.717) is 6.04 Å². The average Bonchev–Trinajstić information content (AvgIpc) is 2.89. The summed E-state index contributed by atoms with van der Waals surface area (Å²) < 4.78 is 5.37. The van der Waals surface area contributed by atoms with Crippen LogP contribution in [-0.2, 0) is 6.42 Å². The molecule has 1 aromatic heterocycles. The summed E-state index contributed by atoms with van der Waals surface area (Å²) >= 11 is 5.92. The molecule has 0 saturated carbocycles. The Morgan fingerprint density at radius 3 is 2.61 bits per heavy atom. The molecular formula is C15H18ClNO. The first kappa shape index (κ1) is 13.2. The van der Waals surface area contributed by atoms with E-state index in [2.05, 4.69) is 24.4 Å². The molecule has 0 aliphatic carbocycles. The fourth-order valence-electron chi connectivity index (χ4n) is 2.07. The topological polar surface area (TPSA) is 25.2 Å². The number of rotatable bonds is 6. The van der Waals surface area contributed by atoms with Crippen molar-refractivity contribution in [2.75, 3.05) is 6.54 Å². The highest BCUT2D eigenvalue weighted by Crippen LogP contribution is 2.21. The molecule has 1 aromatic carbocycles. The van der Waals surface area contributed by atoms with Gasteiger partial charge < -0.3 is 9.73 Å². The standard InChI is InChI=1S/C15H18ClNO/c1-2-17-15(10-9-14-4-3-11-18-14)12-5-7-13(16)8-6-12/h3-8,11,15,17H,2,9-10H2,1H3. The lowest BCUT2D eigenvalue weighted by Gasteiger charge is -2.17. The van der Waals surface area contributed by atoms with Crippen LogP contribution in [0.3, 0.4) is 0 Å². The third kappa shape index (κ3) is 3.62. The molecule has 1 unspecified atom stereocenters. The van der Waals surface area contributed by atoms with Crippen LogP contribution < -0.4 is 5.32 Å². The van der Waals surface area contributed by atoms with E-state index in [1.165, 1.54) is 5.56 Å². The van der Waals surface area contributed by atoms with Crippen molar-refractivity contribution in [3.8, 4) is 0 Å². The van der Waals surface area contributed by atoms with Crippen molar-refractivity contribution >= 4 is 11.6 Å². The molecule has 96 valence electrons. The first-order chi connectivity index (χ1) is 8.79. The van der Waals surface area contributed by atoms with E-state index >= 15 is 0 Å². The van der Waals surface area contributed by atoms with Crippen LogP contribution in [0.15, 0.2) is 47.1 Å². The zero-order chi connectivity index (χ0) is 12.8. The van der Waals surface area contributed by atoms with Gasteiger partial charge in [-0.05, 0) is 42.8 Å². The average molecular weight is 264 g/mol. The second-order valence-electron chi connectivity index (χ2n) is 4.28. The van der Waals surface area contributed by atoms with Crippen molar-refractivity contribution in [2.24, 2.45) is 0 Å². The Morgan fingerprint density at radius 2 is 2.00 bits per heavy atom. The zero-order valence-electron chi connectivity index (χ0n) is 10.5. The number of aryl methyl sites for hydroxylation is 1. The molecule has 0 spiro atoms. The van der Waals surface area contributed by atoms with Gasteiger partial charge in [-0.2, -0.15) is 0 Å². The SMILES string of the molecule is CCNC(CCc1ccco1)c1ccc(Cl)cc1. The minimum atomic E-state index is 0.345. The summed E-state index contributed by atoms with van der Waals surface area (Å²) in [6.45, 7) is 3.07. The molecule has 0 aliphatic rings. The van der Waals surface area contributed by atoms with Crippen molar-refractivity contribution in [3.05, 3.63) is 59.0 Å². The molecule has 1 N–H and O–H groups in total. The van der Waals surface area contributed by atoms with Crippen molar-refractivity contribution in [3.63, 3.8) is 0 Å². The Morgan fingerprint density at radius 1 is 1.22 bits per heavy atom.